The summed E-state index contributed by atoms with van der Waals surface area (Å²) in [5.41, 5.74) is 0.724. The normalized spacial score (nSPS) is 14.5. The monoisotopic (exact) mass is 402 g/mol. The van der Waals surface area contributed by atoms with E-state index in [4.69, 9.17) is 16.3 Å². The zero-order chi connectivity index (χ0) is 19.5. The van der Waals surface area contributed by atoms with Crippen molar-refractivity contribution in [2.45, 2.75) is 12.8 Å². The molecule has 0 spiro atoms. The van der Waals surface area contributed by atoms with Gasteiger partial charge in [0.25, 0.3) is 0 Å². The zero-order valence-corrected chi connectivity index (χ0v) is 15.9. The molecule has 2 heterocycles. The van der Waals surface area contributed by atoms with E-state index in [2.05, 4.69) is 20.2 Å². The second-order valence-corrected chi connectivity index (χ2v) is 7.09. The molecule has 146 valence electrons. The van der Waals surface area contributed by atoms with Gasteiger partial charge in [-0.1, -0.05) is 17.7 Å². The number of hydrogen-bond acceptors (Lipinski definition) is 6. The third-order valence-corrected chi connectivity index (χ3v) is 5.08. The van der Waals surface area contributed by atoms with Crippen molar-refractivity contribution in [3.8, 4) is 11.5 Å². The van der Waals surface area contributed by atoms with Crippen molar-refractivity contribution in [3.63, 3.8) is 0 Å². The first-order chi connectivity index (χ1) is 13.6. The largest absolute Gasteiger partial charge is 0.504 e. The van der Waals surface area contributed by atoms with Gasteiger partial charge in [-0.05, 0) is 44.1 Å². The molecule has 3 aromatic rings. The number of halogens is 2. The van der Waals surface area contributed by atoms with E-state index in [0.717, 1.165) is 19.6 Å². The summed E-state index contributed by atoms with van der Waals surface area (Å²) in [6.45, 7) is 3.44. The summed E-state index contributed by atoms with van der Waals surface area (Å²) < 4.78 is 20.0. The summed E-state index contributed by atoms with van der Waals surface area (Å²) in [5.74, 6) is 0.191. The fraction of sp³-hybridized carbons (Fsp3) is 0.300. The molecule has 0 bridgehead atoms. The molecule has 4 rings (SSSR count). The minimum Gasteiger partial charge on any atom is -0.504 e. The van der Waals surface area contributed by atoms with Crippen molar-refractivity contribution < 1.29 is 14.2 Å². The molecule has 8 heteroatoms. The van der Waals surface area contributed by atoms with Crippen LogP contribution in [0.2, 0.25) is 5.02 Å². The minimum atomic E-state index is -0.559. The number of phenols is 1. The van der Waals surface area contributed by atoms with Gasteiger partial charge < -0.3 is 15.2 Å². The van der Waals surface area contributed by atoms with Crippen LogP contribution in [0.15, 0.2) is 36.7 Å². The molecule has 2 aromatic carbocycles. The summed E-state index contributed by atoms with van der Waals surface area (Å²) in [7, 11) is 0. The van der Waals surface area contributed by atoms with Gasteiger partial charge in [0, 0.05) is 18.0 Å². The van der Waals surface area contributed by atoms with Gasteiger partial charge in [0.1, 0.15) is 18.8 Å². The zero-order valence-electron chi connectivity index (χ0n) is 15.2. The van der Waals surface area contributed by atoms with E-state index in [1.165, 1.54) is 31.3 Å². The molecule has 0 radical (unpaired) electrons. The molecule has 2 N–H and O–H groups in total. The van der Waals surface area contributed by atoms with Gasteiger partial charge in [-0.15, -0.1) is 0 Å². The van der Waals surface area contributed by atoms with Crippen molar-refractivity contribution in [3.05, 3.63) is 47.5 Å². The number of benzene rings is 2. The third-order valence-electron chi connectivity index (χ3n) is 4.78. The molecular formula is C20H20ClFN4O2. The average molecular weight is 403 g/mol. The minimum absolute atomic E-state index is 0.00695. The van der Waals surface area contributed by atoms with Crippen molar-refractivity contribution >= 4 is 34.0 Å². The molecule has 1 aliphatic heterocycles. The second kappa shape index (κ2) is 8.16. The van der Waals surface area contributed by atoms with Gasteiger partial charge in [0.15, 0.2) is 17.3 Å². The maximum Gasteiger partial charge on any atom is 0.165 e. The summed E-state index contributed by atoms with van der Waals surface area (Å²) >= 11 is 5.85. The highest BCUT2D eigenvalue weighted by molar-refractivity contribution is 6.31. The smallest absolute Gasteiger partial charge is 0.165 e. The lowest BCUT2D eigenvalue weighted by atomic mass is 10.2. The summed E-state index contributed by atoms with van der Waals surface area (Å²) in [6, 6.07) is 7.88. The van der Waals surface area contributed by atoms with Crippen LogP contribution in [0.3, 0.4) is 0 Å². The predicted octanol–water partition coefficient (Wildman–Crippen LogP) is 4.35. The Labute approximate surface area is 166 Å². The molecule has 0 atom stereocenters. The molecular weight excluding hydrogens is 383 g/mol. The van der Waals surface area contributed by atoms with E-state index in [9.17, 15) is 9.50 Å². The third kappa shape index (κ3) is 3.95. The van der Waals surface area contributed by atoms with Gasteiger partial charge in [0.05, 0.1) is 16.2 Å². The number of likely N-dealkylation sites (tertiary alicyclic amines) is 1. The Morgan fingerprint density at radius 1 is 1.21 bits per heavy atom. The number of hydrogen-bond donors (Lipinski definition) is 2. The van der Waals surface area contributed by atoms with Gasteiger partial charge >= 0.3 is 0 Å². The van der Waals surface area contributed by atoms with E-state index in [0.29, 0.717) is 29.1 Å². The number of phenolic OH excluding ortho intramolecular Hbond substituents is 1. The highest BCUT2D eigenvalue weighted by Gasteiger charge is 2.14. The number of rotatable bonds is 6. The summed E-state index contributed by atoms with van der Waals surface area (Å²) in [5, 5.41) is 13.8. The van der Waals surface area contributed by atoms with E-state index in [1.54, 1.807) is 18.2 Å². The molecule has 1 aromatic heterocycles. The Kier molecular flexibility index (Phi) is 5.45. The first kappa shape index (κ1) is 18.7. The lowest BCUT2D eigenvalue weighted by Gasteiger charge is -2.16. The van der Waals surface area contributed by atoms with E-state index >= 15 is 0 Å². The first-order valence-electron chi connectivity index (χ1n) is 9.16. The number of ether oxygens (including phenoxy) is 1. The highest BCUT2D eigenvalue weighted by atomic mass is 35.5. The Balaban J connectivity index is 1.59. The van der Waals surface area contributed by atoms with Crippen LogP contribution in [-0.4, -0.2) is 46.2 Å². The molecule has 28 heavy (non-hydrogen) atoms. The Hall–Kier alpha value is -2.64. The SMILES string of the molecule is Oc1cc2ncnc(Nc3cccc(Cl)c3F)c2cc1OCCN1CCCC1. The summed E-state index contributed by atoms with van der Waals surface area (Å²) in [6.07, 6.45) is 3.78. The maximum atomic E-state index is 14.2. The van der Waals surface area contributed by atoms with Crippen molar-refractivity contribution in [1.82, 2.24) is 14.9 Å². The fourth-order valence-electron chi connectivity index (χ4n) is 3.31. The molecule has 6 nitrogen and oxygen atoms in total. The van der Waals surface area contributed by atoms with Gasteiger partial charge in [0.2, 0.25) is 0 Å². The lowest BCUT2D eigenvalue weighted by Crippen LogP contribution is -2.25. The molecule has 1 aliphatic rings. The highest BCUT2D eigenvalue weighted by Crippen LogP contribution is 2.34. The average Bonchev–Trinajstić information content (AvgIpc) is 3.20. The molecule has 0 amide bonds. The van der Waals surface area contributed by atoms with Crippen LogP contribution in [0.4, 0.5) is 15.9 Å². The van der Waals surface area contributed by atoms with Crippen LogP contribution < -0.4 is 10.1 Å². The molecule has 0 aliphatic carbocycles. The maximum absolute atomic E-state index is 14.2. The van der Waals surface area contributed by atoms with Crippen LogP contribution in [0, 0.1) is 5.82 Å². The number of fused-ring (bicyclic) bond motifs is 1. The van der Waals surface area contributed by atoms with Crippen LogP contribution >= 0.6 is 11.6 Å². The van der Waals surface area contributed by atoms with Crippen molar-refractivity contribution in [2.24, 2.45) is 0 Å². The fourth-order valence-corrected chi connectivity index (χ4v) is 3.48. The van der Waals surface area contributed by atoms with Crippen LogP contribution in [0.5, 0.6) is 11.5 Å². The molecule has 0 unspecified atom stereocenters. The Morgan fingerprint density at radius 3 is 2.86 bits per heavy atom. The Morgan fingerprint density at radius 2 is 2.04 bits per heavy atom. The number of nitrogens with one attached hydrogen (secondary N) is 1. The first-order valence-corrected chi connectivity index (χ1v) is 9.53. The number of aromatic hydroxyl groups is 1. The number of aromatic nitrogens is 2. The van der Waals surface area contributed by atoms with Crippen molar-refractivity contribution in [2.75, 3.05) is 31.6 Å². The number of nitrogens with zero attached hydrogens (tertiary/aromatic N) is 3. The molecule has 1 saturated heterocycles. The Bertz CT molecular complexity index is 995. The van der Waals surface area contributed by atoms with E-state index in [-0.39, 0.29) is 16.5 Å². The topological polar surface area (TPSA) is 70.5 Å². The lowest BCUT2D eigenvalue weighted by molar-refractivity contribution is 0.232. The molecule has 0 saturated carbocycles. The van der Waals surface area contributed by atoms with Crippen LogP contribution in [-0.2, 0) is 0 Å². The summed E-state index contributed by atoms with van der Waals surface area (Å²) in [4.78, 5) is 10.7. The van der Waals surface area contributed by atoms with Gasteiger partial charge in [-0.3, -0.25) is 4.90 Å². The molecule has 1 fully saturated rings. The van der Waals surface area contributed by atoms with Crippen LogP contribution in [0.25, 0.3) is 10.9 Å². The van der Waals surface area contributed by atoms with Crippen molar-refractivity contribution in [1.29, 1.82) is 0 Å². The second-order valence-electron chi connectivity index (χ2n) is 6.68. The standard InChI is InChI=1S/C20H20ClFN4O2/c21-14-4-3-5-15(19(14)22)25-20-13-10-18(17(27)11-16(13)23-12-24-20)28-9-8-26-6-1-2-7-26/h3-5,10-12,27H,1-2,6-9H2,(H,23,24,25). The van der Waals surface area contributed by atoms with Gasteiger partial charge in [-0.2, -0.15) is 0 Å². The van der Waals surface area contributed by atoms with Gasteiger partial charge in [-0.25, -0.2) is 14.4 Å². The van der Waals surface area contributed by atoms with E-state index in [1.807, 2.05) is 0 Å². The van der Waals surface area contributed by atoms with E-state index < -0.39 is 5.82 Å². The number of anilines is 2. The van der Waals surface area contributed by atoms with Crippen LogP contribution in [0.1, 0.15) is 12.8 Å². The quantitative estimate of drug-likeness (QED) is 0.639. The predicted molar refractivity (Wildman–Crippen MR) is 107 cm³/mol.